The van der Waals surface area contributed by atoms with Crippen LogP contribution in [0.2, 0.25) is 0 Å². The van der Waals surface area contributed by atoms with Crippen LogP contribution in [-0.2, 0) is 0 Å². The SMILES string of the molecule is COc1ccc(C=Nn2c(C)cc(C)cc2=O)cc1OC. The van der Waals surface area contributed by atoms with Crippen LogP contribution >= 0.6 is 0 Å². The summed E-state index contributed by atoms with van der Waals surface area (Å²) in [6.07, 6.45) is 1.62. The van der Waals surface area contributed by atoms with Gasteiger partial charge in [0.25, 0.3) is 5.56 Å². The minimum atomic E-state index is -0.149. The molecule has 110 valence electrons. The fraction of sp³-hybridized carbons (Fsp3) is 0.250. The maximum atomic E-state index is 11.9. The van der Waals surface area contributed by atoms with Gasteiger partial charge in [0.15, 0.2) is 11.5 Å². The Morgan fingerprint density at radius 2 is 1.76 bits per heavy atom. The lowest BCUT2D eigenvalue weighted by Crippen LogP contribution is -2.18. The number of methoxy groups -OCH3 is 2. The first-order valence-corrected chi connectivity index (χ1v) is 6.52. The first-order chi connectivity index (χ1) is 10.0. The summed E-state index contributed by atoms with van der Waals surface area (Å²) in [5.41, 5.74) is 2.38. The van der Waals surface area contributed by atoms with Gasteiger partial charge in [0.1, 0.15) is 0 Å². The van der Waals surface area contributed by atoms with E-state index in [1.54, 1.807) is 38.6 Å². The van der Waals surface area contributed by atoms with Gasteiger partial charge in [-0.3, -0.25) is 4.79 Å². The molecule has 0 unspecified atom stereocenters. The van der Waals surface area contributed by atoms with Crippen molar-refractivity contribution in [2.24, 2.45) is 5.10 Å². The molecule has 21 heavy (non-hydrogen) atoms. The molecule has 0 spiro atoms. The fourth-order valence-corrected chi connectivity index (χ4v) is 2.07. The number of aryl methyl sites for hydroxylation is 2. The van der Waals surface area contributed by atoms with Crippen LogP contribution in [0.5, 0.6) is 11.5 Å². The molecule has 1 aromatic carbocycles. The van der Waals surface area contributed by atoms with E-state index in [4.69, 9.17) is 9.47 Å². The third kappa shape index (κ3) is 3.31. The van der Waals surface area contributed by atoms with Gasteiger partial charge in [0, 0.05) is 11.8 Å². The zero-order chi connectivity index (χ0) is 15.4. The molecule has 0 aliphatic heterocycles. The van der Waals surface area contributed by atoms with Gasteiger partial charge in [0.2, 0.25) is 0 Å². The average molecular weight is 286 g/mol. The molecule has 0 amide bonds. The quantitative estimate of drug-likeness (QED) is 0.811. The lowest BCUT2D eigenvalue weighted by molar-refractivity contribution is 0.355. The standard InChI is InChI=1S/C16H18N2O3/c1-11-7-12(2)18(16(19)8-11)17-10-13-5-6-14(20-3)15(9-13)21-4/h5-10H,1-4H3. The second kappa shape index (κ2) is 6.26. The minimum absolute atomic E-state index is 0.149. The summed E-state index contributed by atoms with van der Waals surface area (Å²) < 4.78 is 11.8. The smallest absolute Gasteiger partial charge is 0.271 e. The van der Waals surface area contributed by atoms with E-state index in [2.05, 4.69) is 5.10 Å². The summed E-state index contributed by atoms with van der Waals surface area (Å²) >= 11 is 0. The lowest BCUT2D eigenvalue weighted by Gasteiger charge is -2.08. The molecule has 1 aromatic heterocycles. The molecule has 5 nitrogen and oxygen atoms in total. The van der Waals surface area contributed by atoms with Crippen LogP contribution in [0.4, 0.5) is 0 Å². The van der Waals surface area contributed by atoms with Gasteiger partial charge in [-0.15, -0.1) is 0 Å². The molecule has 2 rings (SSSR count). The predicted octanol–water partition coefficient (Wildman–Crippen LogP) is 2.36. The van der Waals surface area contributed by atoms with Crippen molar-refractivity contribution >= 4 is 6.21 Å². The second-order valence-corrected chi connectivity index (χ2v) is 4.68. The van der Waals surface area contributed by atoms with Crippen LogP contribution in [0.3, 0.4) is 0 Å². The Hall–Kier alpha value is -2.56. The summed E-state index contributed by atoms with van der Waals surface area (Å²) in [6, 6.07) is 8.91. The minimum Gasteiger partial charge on any atom is -0.493 e. The molecule has 0 saturated carbocycles. The van der Waals surface area contributed by atoms with Crippen molar-refractivity contribution < 1.29 is 9.47 Å². The highest BCUT2D eigenvalue weighted by atomic mass is 16.5. The van der Waals surface area contributed by atoms with Gasteiger partial charge in [-0.1, -0.05) is 0 Å². The van der Waals surface area contributed by atoms with E-state index in [-0.39, 0.29) is 5.56 Å². The lowest BCUT2D eigenvalue weighted by atomic mass is 10.2. The summed E-state index contributed by atoms with van der Waals surface area (Å²) in [4.78, 5) is 11.9. The third-order valence-electron chi connectivity index (χ3n) is 3.06. The number of hydrogen-bond donors (Lipinski definition) is 0. The monoisotopic (exact) mass is 286 g/mol. The Bertz CT molecular complexity index is 733. The highest BCUT2D eigenvalue weighted by molar-refractivity contribution is 5.80. The van der Waals surface area contributed by atoms with Gasteiger partial charge in [0.05, 0.1) is 20.4 Å². The van der Waals surface area contributed by atoms with Crippen molar-refractivity contribution in [1.82, 2.24) is 4.68 Å². The van der Waals surface area contributed by atoms with Crippen molar-refractivity contribution in [2.45, 2.75) is 13.8 Å². The van der Waals surface area contributed by atoms with E-state index >= 15 is 0 Å². The molecule has 5 heteroatoms. The molecule has 0 radical (unpaired) electrons. The fourth-order valence-electron chi connectivity index (χ4n) is 2.07. The average Bonchev–Trinajstić information content (AvgIpc) is 2.45. The predicted molar refractivity (Wildman–Crippen MR) is 82.7 cm³/mol. The van der Waals surface area contributed by atoms with E-state index in [1.165, 1.54) is 4.68 Å². The van der Waals surface area contributed by atoms with Crippen LogP contribution < -0.4 is 15.0 Å². The van der Waals surface area contributed by atoms with E-state index in [0.717, 1.165) is 16.8 Å². The maximum Gasteiger partial charge on any atom is 0.271 e. The largest absolute Gasteiger partial charge is 0.493 e. The first-order valence-electron chi connectivity index (χ1n) is 6.52. The normalized spacial score (nSPS) is 10.9. The molecule has 0 aliphatic rings. The highest BCUT2D eigenvalue weighted by Crippen LogP contribution is 2.26. The van der Waals surface area contributed by atoms with Gasteiger partial charge < -0.3 is 9.47 Å². The molecule has 1 heterocycles. The van der Waals surface area contributed by atoms with Crippen molar-refractivity contribution in [3.05, 3.63) is 57.5 Å². The van der Waals surface area contributed by atoms with E-state index < -0.39 is 0 Å². The molecule has 2 aromatic rings. The van der Waals surface area contributed by atoms with Crippen LogP contribution in [0.25, 0.3) is 0 Å². The van der Waals surface area contributed by atoms with Crippen molar-refractivity contribution in [3.63, 3.8) is 0 Å². The Kier molecular flexibility index (Phi) is 4.42. The second-order valence-electron chi connectivity index (χ2n) is 4.68. The van der Waals surface area contributed by atoms with Gasteiger partial charge in [-0.2, -0.15) is 5.10 Å². The zero-order valence-corrected chi connectivity index (χ0v) is 12.6. The molecule has 0 bridgehead atoms. The molecule has 0 aliphatic carbocycles. The summed E-state index contributed by atoms with van der Waals surface area (Å²) in [7, 11) is 3.16. The number of benzene rings is 1. The number of rotatable bonds is 4. The van der Waals surface area contributed by atoms with Crippen molar-refractivity contribution in [2.75, 3.05) is 14.2 Å². The van der Waals surface area contributed by atoms with E-state index in [1.807, 2.05) is 26.0 Å². The van der Waals surface area contributed by atoms with Gasteiger partial charge in [-0.05, 0) is 49.2 Å². The van der Waals surface area contributed by atoms with Crippen LogP contribution in [0.1, 0.15) is 16.8 Å². The van der Waals surface area contributed by atoms with Crippen LogP contribution in [0, 0.1) is 13.8 Å². The number of nitrogens with zero attached hydrogens (tertiary/aromatic N) is 2. The third-order valence-corrected chi connectivity index (χ3v) is 3.06. The molecule has 0 atom stereocenters. The number of pyridine rings is 1. The molecular weight excluding hydrogens is 268 g/mol. The topological polar surface area (TPSA) is 52.8 Å². The zero-order valence-electron chi connectivity index (χ0n) is 12.6. The van der Waals surface area contributed by atoms with Crippen LogP contribution in [0.15, 0.2) is 40.2 Å². The summed E-state index contributed by atoms with van der Waals surface area (Å²) in [5, 5.41) is 4.23. The maximum absolute atomic E-state index is 11.9. The van der Waals surface area contributed by atoms with Gasteiger partial charge in [-0.25, -0.2) is 4.68 Å². The number of hydrogen-bond acceptors (Lipinski definition) is 4. The van der Waals surface area contributed by atoms with Crippen molar-refractivity contribution in [3.8, 4) is 11.5 Å². The Morgan fingerprint density at radius 1 is 1.05 bits per heavy atom. The Morgan fingerprint density at radius 3 is 2.38 bits per heavy atom. The Balaban J connectivity index is 2.36. The molecular formula is C16H18N2O3. The van der Waals surface area contributed by atoms with Gasteiger partial charge >= 0.3 is 0 Å². The molecule has 0 N–H and O–H groups in total. The Labute approximate surface area is 123 Å². The first kappa shape index (κ1) is 14.8. The number of ether oxygens (including phenoxy) is 2. The van der Waals surface area contributed by atoms with E-state index in [9.17, 15) is 4.79 Å². The number of aromatic nitrogens is 1. The van der Waals surface area contributed by atoms with E-state index in [0.29, 0.717) is 11.5 Å². The molecule has 0 fully saturated rings. The highest BCUT2D eigenvalue weighted by Gasteiger charge is 2.04. The molecule has 0 saturated heterocycles. The summed E-state index contributed by atoms with van der Waals surface area (Å²) in [6.45, 7) is 3.73. The van der Waals surface area contributed by atoms with Crippen molar-refractivity contribution in [1.29, 1.82) is 0 Å². The van der Waals surface area contributed by atoms with Crippen LogP contribution in [-0.4, -0.2) is 25.1 Å². The summed E-state index contributed by atoms with van der Waals surface area (Å²) in [5.74, 6) is 1.27.